The second kappa shape index (κ2) is 8.06. The molecule has 0 saturated carbocycles. The fraction of sp³-hybridized carbons (Fsp3) is 0.100. The molecule has 0 heterocycles. The van der Waals surface area contributed by atoms with Gasteiger partial charge in [0, 0.05) is 17.2 Å². The minimum absolute atomic E-state index is 0.0742. The van der Waals surface area contributed by atoms with E-state index in [1.54, 1.807) is 12.1 Å². The Hall–Kier alpha value is -2.95. The van der Waals surface area contributed by atoms with Gasteiger partial charge in [0.2, 0.25) is 0 Å². The Kier molecular flexibility index (Phi) is 5.84. The Morgan fingerprint density at radius 3 is 2.25 bits per heavy atom. The molecule has 2 aromatic carbocycles. The highest BCUT2D eigenvalue weighted by atomic mass is 32.2. The molecule has 0 spiro atoms. The van der Waals surface area contributed by atoms with E-state index in [1.165, 1.54) is 6.08 Å². The van der Waals surface area contributed by atoms with Gasteiger partial charge in [-0.3, -0.25) is 0 Å². The summed E-state index contributed by atoms with van der Waals surface area (Å²) in [4.78, 5) is 0. The first-order valence-electron chi connectivity index (χ1n) is 7.31. The second-order valence-electron chi connectivity index (χ2n) is 5.02. The fourth-order valence-electron chi connectivity index (χ4n) is 1.78. The topological polar surface area (TPSA) is 37.4 Å². The van der Waals surface area contributed by atoms with E-state index in [2.05, 4.69) is 29.7 Å². The fourth-order valence-corrected chi connectivity index (χ4v) is 2.61. The summed E-state index contributed by atoms with van der Waals surface area (Å²) < 4.78 is 25.8. The Bertz CT molecular complexity index is 922. The van der Waals surface area contributed by atoms with Crippen molar-refractivity contribution in [2.45, 2.75) is 6.92 Å². The molecule has 2 aromatic rings. The molecule has 0 fully saturated rings. The van der Waals surface area contributed by atoms with Gasteiger partial charge in [-0.15, -0.1) is 6.58 Å². The SMILES string of the molecule is C=CCN(C#Cc1ccccc1)S(=O)(=O)C#Cc1ccc(C)cc1. The van der Waals surface area contributed by atoms with Crippen LogP contribution in [0.2, 0.25) is 0 Å². The molecule has 0 N–H and O–H groups in total. The average Bonchev–Trinajstić information content (AvgIpc) is 2.59. The van der Waals surface area contributed by atoms with Crippen molar-refractivity contribution in [3.05, 3.63) is 83.9 Å². The predicted molar refractivity (Wildman–Crippen MR) is 97.2 cm³/mol. The summed E-state index contributed by atoms with van der Waals surface area (Å²) in [6.45, 7) is 5.61. The minimum atomic E-state index is -3.84. The van der Waals surface area contributed by atoms with Crippen molar-refractivity contribution in [3.63, 3.8) is 0 Å². The Morgan fingerprint density at radius 1 is 1.00 bits per heavy atom. The van der Waals surface area contributed by atoms with Crippen LogP contribution in [0, 0.1) is 30.1 Å². The average molecular weight is 335 g/mol. The van der Waals surface area contributed by atoms with E-state index < -0.39 is 10.0 Å². The third kappa shape index (κ3) is 5.05. The molecule has 0 aliphatic rings. The van der Waals surface area contributed by atoms with Crippen molar-refractivity contribution in [3.8, 4) is 23.1 Å². The van der Waals surface area contributed by atoms with E-state index in [0.29, 0.717) is 5.56 Å². The molecular weight excluding hydrogens is 318 g/mol. The zero-order valence-corrected chi connectivity index (χ0v) is 14.2. The minimum Gasteiger partial charge on any atom is -0.214 e. The first-order chi connectivity index (χ1) is 11.5. The van der Waals surface area contributed by atoms with Crippen LogP contribution in [-0.2, 0) is 10.0 Å². The number of rotatable bonds is 3. The van der Waals surface area contributed by atoms with Gasteiger partial charge in [-0.2, -0.15) is 8.42 Å². The predicted octanol–water partition coefficient (Wildman–Crippen LogP) is 3.13. The first kappa shape index (κ1) is 17.4. The highest BCUT2D eigenvalue weighted by molar-refractivity contribution is 7.94. The number of aryl methyl sites for hydroxylation is 1. The standard InChI is InChI=1S/C20H17NO2S/c1-3-15-21(16-13-19-7-5-4-6-8-19)24(22,23)17-14-20-11-9-18(2)10-12-20/h3-12H,1,15H2,2H3. The van der Waals surface area contributed by atoms with Crippen molar-refractivity contribution < 1.29 is 8.42 Å². The molecule has 0 aliphatic carbocycles. The Balaban J connectivity index is 2.28. The molecule has 0 atom stereocenters. The summed E-state index contributed by atoms with van der Waals surface area (Å²) >= 11 is 0. The van der Waals surface area contributed by atoms with Crippen LogP contribution in [0.3, 0.4) is 0 Å². The highest BCUT2D eigenvalue weighted by Crippen LogP contribution is 2.04. The van der Waals surface area contributed by atoms with Crippen molar-refractivity contribution in [1.29, 1.82) is 0 Å². The smallest absolute Gasteiger partial charge is 0.214 e. The van der Waals surface area contributed by atoms with E-state index in [4.69, 9.17) is 0 Å². The normalized spacial score (nSPS) is 9.88. The van der Waals surface area contributed by atoms with E-state index in [-0.39, 0.29) is 6.54 Å². The molecule has 4 heteroatoms. The third-order valence-corrected chi connectivity index (χ3v) is 4.24. The number of sulfonamides is 1. The summed E-state index contributed by atoms with van der Waals surface area (Å²) in [5.41, 5.74) is 2.46. The monoisotopic (exact) mass is 335 g/mol. The molecule has 0 aliphatic heterocycles. The van der Waals surface area contributed by atoms with Crippen molar-refractivity contribution in [2.75, 3.05) is 6.54 Å². The second-order valence-corrected chi connectivity index (χ2v) is 6.62. The van der Waals surface area contributed by atoms with Gasteiger partial charge in [-0.1, -0.05) is 42.0 Å². The van der Waals surface area contributed by atoms with Crippen LogP contribution < -0.4 is 0 Å². The van der Waals surface area contributed by atoms with Crippen LogP contribution in [0.4, 0.5) is 0 Å². The zero-order valence-electron chi connectivity index (χ0n) is 13.4. The Morgan fingerprint density at radius 2 is 1.62 bits per heavy atom. The lowest BCUT2D eigenvalue weighted by atomic mass is 10.2. The first-order valence-corrected chi connectivity index (χ1v) is 8.75. The van der Waals surface area contributed by atoms with Gasteiger partial charge in [0.05, 0.1) is 11.8 Å². The molecule has 0 saturated heterocycles. The number of hydrogen-bond acceptors (Lipinski definition) is 2. The Labute approximate surface area is 143 Å². The number of nitrogens with zero attached hydrogens (tertiary/aromatic N) is 1. The largest absolute Gasteiger partial charge is 0.311 e. The van der Waals surface area contributed by atoms with Gasteiger partial charge in [0.15, 0.2) is 0 Å². The maximum Gasteiger partial charge on any atom is 0.311 e. The van der Waals surface area contributed by atoms with E-state index in [9.17, 15) is 8.42 Å². The van der Waals surface area contributed by atoms with Crippen LogP contribution >= 0.6 is 0 Å². The summed E-state index contributed by atoms with van der Waals surface area (Å²) in [7, 11) is -3.84. The molecular formula is C20H17NO2S. The lowest BCUT2D eigenvalue weighted by molar-refractivity contribution is 0.545. The van der Waals surface area contributed by atoms with Crippen LogP contribution in [0.5, 0.6) is 0 Å². The summed E-state index contributed by atoms with van der Waals surface area (Å²) in [5.74, 6) is 5.49. The van der Waals surface area contributed by atoms with Gasteiger partial charge in [-0.25, -0.2) is 4.31 Å². The van der Waals surface area contributed by atoms with Crippen molar-refractivity contribution in [1.82, 2.24) is 4.31 Å². The summed E-state index contributed by atoms with van der Waals surface area (Å²) in [5, 5.41) is 2.31. The molecule has 0 unspecified atom stereocenters. The molecule has 2 rings (SSSR count). The van der Waals surface area contributed by atoms with E-state index in [1.807, 2.05) is 49.4 Å². The molecule has 0 bridgehead atoms. The molecule has 24 heavy (non-hydrogen) atoms. The van der Waals surface area contributed by atoms with Gasteiger partial charge < -0.3 is 0 Å². The molecule has 0 radical (unpaired) electrons. The van der Waals surface area contributed by atoms with Crippen LogP contribution in [0.1, 0.15) is 16.7 Å². The van der Waals surface area contributed by atoms with E-state index in [0.717, 1.165) is 15.4 Å². The molecule has 3 nitrogen and oxygen atoms in total. The van der Waals surface area contributed by atoms with Gasteiger partial charge in [0.25, 0.3) is 0 Å². The third-order valence-electron chi connectivity index (χ3n) is 3.06. The summed E-state index contributed by atoms with van der Waals surface area (Å²) in [6.07, 6.45) is 1.48. The molecule has 0 amide bonds. The zero-order chi connectivity index (χ0) is 17.4. The van der Waals surface area contributed by atoms with Crippen LogP contribution in [0.15, 0.2) is 67.3 Å². The van der Waals surface area contributed by atoms with Gasteiger partial charge in [0.1, 0.15) is 0 Å². The maximum absolute atomic E-state index is 12.4. The number of benzene rings is 2. The molecule has 0 aromatic heterocycles. The van der Waals surface area contributed by atoms with Crippen molar-refractivity contribution >= 4 is 10.0 Å². The lowest BCUT2D eigenvalue weighted by Gasteiger charge is -2.10. The van der Waals surface area contributed by atoms with Crippen LogP contribution in [0.25, 0.3) is 0 Å². The van der Waals surface area contributed by atoms with Gasteiger partial charge in [-0.05, 0) is 43.0 Å². The van der Waals surface area contributed by atoms with Gasteiger partial charge >= 0.3 is 10.0 Å². The summed E-state index contributed by atoms with van der Waals surface area (Å²) in [6, 6.07) is 19.1. The highest BCUT2D eigenvalue weighted by Gasteiger charge is 2.14. The quantitative estimate of drug-likeness (QED) is 0.491. The van der Waals surface area contributed by atoms with E-state index >= 15 is 0 Å². The number of hydrogen-bond donors (Lipinski definition) is 0. The maximum atomic E-state index is 12.4. The molecule has 120 valence electrons. The lowest BCUT2D eigenvalue weighted by Crippen LogP contribution is -2.25. The van der Waals surface area contributed by atoms with Crippen LogP contribution in [-0.4, -0.2) is 19.3 Å². The van der Waals surface area contributed by atoms with Crippen molar-refractivity contribution in [2.24, 2.45) is 0 Å².